The molecule has 0 amide bonds. The fourth-order valence-electron chi connectivity index (χ4n) is 2.10. The highest BCUT2D eigenvalue weighted by atomic mass is 32.2. The van der Waals surface area contributed by atoms with Gasteiger partial charge in [0, 0.05) is 12.6 Å². The molecule has 0 bridgehead atoms. The van der Waals surface area contributed by atoms with Gasteiger partial charge in [-0.1, -0.05) is 6.92 Å². The van der Waals surface area contributed by atoms with E-state index in [0.717, 1.165) is 0 Å². The molecule has 1 saturated carbocycles. The standard InChI is InChI=1S/C8H15NO3S/c1-6-4-9(13(11,12)5-6)7-2-8(10)3-7/h6-8,10H,2-5H2,1H3. The van der Waals surface area contributed by atoms with E-state index in [9.17, 15) is 8.42 Å². The first kappa shape index (κ1) is 9.43. The van der Waals surface area contributed by atoms with E-state index < -0.39 is 10.0 Å². The zero-order valence-electron chi connectivity index (χ0n) is 7.68. The Bertz CT molecular complexity index is 295. The number of nitrogens with zero attached hydrogens (tertiary/aromatic N) is 1. The molecule has 0 radical (unpaired) electrons. The number of hydrogen-bond acceptors (Lipinski definition) is 3. The van der Waals surface area contributed by atoms with Gasteiger partial charge in [-0.15, -0.1) is 0 Å². The normalized spacial score (nSPS) is 44.6. The van der Waals surface area contributed by atoms with E-state index in [0.29, 0.717) is 19.4 Å². The minimum absolute atomic E-state index is 0.0740. The predicted octanol–water partition coefficient (Wildman–Crippen LogP) is -0.209. The van der Waals surface area contributed by atoms with Gasteiger partial charge in [-0.05, 0) is 18.8 Å². The average Bonchev–Trinajstić information content (AvgIpc) is 2.17. The summed E-state index contributed by atoms with van der Waals surface area (Å²) in [5.74, 6) is 0.516. The summed E-state index contributed by atoms with van der Waals surface area (Å²) in [7, 11) is -3.00. The number of aliphatic hydroxyl groups is 1. The lowest BCUT2D eigenvalue weighted by Gasteiger charge is -2.37. The van der Waals surface area contributed by atoms with E-state index in [1.54, 1.807) is 4.31 Å². The third kappa shape index (κ3) is 1.60. The third-order valence-corrected chi connectivity index (χ3v) is 4.99. The van der Waals surface area contributed by atoms with E-state index in [1.807, 2.05) is 6.92 Å². The number of aliphatic hydroxyl groups excluding tert-OH is 1. The van der Waals surface area contributed by atoms with Gasteiger partial charge in [0.05, 0.1) is 11.9 Å². The van der Waals surface area contributed by atoms with Crippen molar-refractivity contribution in [1.82, 2.24) is 4.31 Å². The minimum Gasteiger partial charge on any atom is -0.393 e. The van der Waals surface area contributed by atoms with Crippen molar-refractivity contribution >= 4 is 10.0 Å². The van der Waals surface area contributed by atoms with Crippen LogP contribution in [-0.4, -0.2) is 42.3 Å². The molecule has 1 heterocycles. The molecule has 2 fully saturated rings. The topological polar surface area (TPSA) is 57.6 Å². The summed E-state index contributed by atoms with van der Waals surface area (Å²) in [5.41, 5.74) is 0. The molecule has 1 N–H and O–H groups in total. The predicted molar refractivity (Wildman–Crippen MR) is 48.7 cm³/mol. The SMILES string of the molecule is CC1CN(C2CC(O)C2)S(=O)(=O)C1. The molecule has 0 spiro atoms. The van der Waals surface area contributed by atoms with E-state index in [-0.39, 0.29) is 23.8 Å². The maximum Gasteiger partial charge on any atom is 0.214 e. The molecular weight excluding hydrogens is 190 g/mol. The van der Waals surface area contributed by atoms with Gasteiger partial charge in [-0.3, -0.25) is 0 Å². The van der Waals surface area contributed by atoms with Crippen LogP contribution in [0.15, 0.2) is 0 Å². The van der Waals surface area contributed by atoms with Crippen LogP contribution >= 0.6 is 0 Å². The van der Waals surface area contributed by atoms with Crippen molar-refractivity contribution in [3.8, 4) is 0 Å². The zero-order valence-corrected chi connectivity index (χ0v) is 8.50. The molecular formula is C8H15NO3S. The lowest BCUT2D eigenvalue weighted by molar-refractivity contribution is 0.0337. The van der Waals surface area contributed by atoms with Crippen molar-refractivity contribution in [3.05, 3.63) is 0 Å². The maximum absolute atomic E-state index is 11.6. The summed E-state index contributed by atoms with van der Waals surface area (Å²) < 4.78 is 24.7. The van der Waals surface area contributed by atoms with Gasteiger partial charge < -0.3 is 5.11 Å². The van der Waals surface area contributed by atoms with Crippen LogP contribution in [0.1, 0.15) is 19.8 Å². The zero-order chi connectivity index (χ0) is 9.64. The van der Waals surface area contributed by atoms with Gasteiger partial charge in [-0.2, -0.15) is 4.31 Å². The quantitative estimate of drug-likeness (QED) is 0.644. The second kappa shape index (κ2) is 2.93. The average molecular weight is 205 g/mol. The smallest absolute Gasteiger partial charge is 0.214 e. The molecule has 1 atom stereocenters. The van der Waals surface area contributed by atoms with Crippen molar-refractivity contribution in [2.45, 2.75) is 31.9 Å². The molecule has 1 unspecified atom stereocenters. The molecule has 2 aliphatic rings. The second-order valence-corrected chi connectivity index (χ2v) is 6.20. The van der Waals surface area contributed by atoms with E-state index in [4.69, 9.17) is 5.11 Å². The van der Waals surface area contributed by atoms with Crippen molar-refractivity contribution in [2.24, 2.45) is 5.92 Å². The molecule has 0 aromatic rings. The van der Waals surface area contributed by atoms with Crippen LogP contribution in [0.25, 0.3) is 0 Å². The first-order valence-electron chi connectivity index (χ1n) is 4.66. The van der Waals surface area contributed by atoms with E-state index in [2.05, 4.69) is 0 Å². The van der Waals surface area contributed by atoms with Crippen LogP contribution in [0.4, 0.5) is 0 Å². The minimum atomic E-state index is -3.00. The van der Waals surface area contributed by atoms with Crippen LogP contribution in [-0.2, 0) is 10.0 Å². The molecule has 5 heteroatoms. The van der Waals surface area contributed by atoms with Crippen molar-refractivity contribution in [2.75, 3.05) is 12.3 Å². The highest BCUT2D eigenvalue weighted by Gasteiger charge is 2.43. The number of sulfonamides is 1. The van der Waals surface area contributed by atoms with Gasteiger partial charge in [0.1, 0.15) is 0 Å². The Morgan fingerprint density at radius 1 is 1.38 bits per heavy atom. The fourth-order valence-corrected chi connectivity index (χ4v) is 4.22. The molecule has 1 aliphatic carbocycles. The van der Waals surface area contributed by atoms with E-state index >= 15 is 0 Å². The van der Waals surface area contributed by atoms with Crippen molar-refractivity contribution in [3.63, 3.8) is 0 Å². The summed E-state index contributed by atoms with van der Waals surface area (Å²) in [6.07, 6.45) is 0.953. The molecule has 0 aromatic carbocycles. The van der Waals surface area contributed by atoms with Crippen molar-refractivity contribution in [1.29, 1.82) is 0 Å². The number of hydrogen-bond donors (Lipinski definition) is 1. The van der Waals surface area contributed by atoms with Crippen LogP contribution in [0.2, 0.25) is 0 Å². The Balaban J connectivity index is 2.08. The third-order valence-electron chi connectivity index (χ3n) is 2.84. The Labute approximate surface area is 78.6 Å². The summed E-state index contributed by atoms with van der Waals surface area (Å²) >= 11 is 0. The molecule has 1 aliphatic heterocycles. The molecule has 0 aromatic heterocycles. The number of rotatable bonds is 1. The van der Waals surface area contributed by atoms with E-state index in [1.165, 1.54) is 0 Å². The second-order valence-electron chi connectivity index (χ2n) is 4.23. The van der Waals surface area contributed by atoms with Gasteiger partial charge in [-0.25, -0.2) is 8.42 Å². The highest BCUT2D eigenvalue weighted by Crippen LogP contribution is 2.32. The summed E-state index contributed by atoms with van der Waals surface area (Å²) in [6, 6.07) is 0.0740. The summed E-state index contributed by atoms with van der Waals surface area (Å²) in [4.78, 5) is 0. The Hall–Kier alpha value is -0.130. The van der Waals surface area contributed by atoms with Gasteiger partial charge in [0.15, 0.2) is 0 Å². The summed E-state index contributed by atoms with van der Waals surface area (Å²) in [6.45, 7) is 2.59. The highest BCUT2D eigenvalue weighted by molar-refractivity contribution is 7.89. The van der Waals surface area contributed by atoms with Crippen LogP contribution < -0.4 is 0 Å². The van der Waals surface area contributed by atoms with Crippen LogP contribution in [0, 0.1) is 5.92 Å². The largest absolute Gasteiger partial charge is 0.393 e. The van der Waals surface area contributed by atoms with Crippen molar-refractivity contribution < 1.29 is 13.5 Å². The molecule has 2 rings (SSSR count). The molecule has 4 nitrogen and oxygen atoms in total. The lowest BCUT2D eigenvalue weighted by atomic mass is 9.89. The first-order valence-corrected chi connectivity index (χ1v) is 6.27. The first-order chi connectivity index (χ1) is 5.99. The Morgan fingerprint density at radius 3 is 2.38 bits per heavy atom. The monoisotopic (exact) mass is 205 g/mol. The van der Waals surface area contributed by atoms with Gasteiger partial charge in [0.25, 0.3) is 0 Å². The summed E-state index contributed by atoms with van der Waals surface area (Å²) in [5, 5.41) is 9.09. The maximum atomic E-state index is 11.6. The van der Waals surface area contributed by atoms with Crippen LogP contribution in [0.3, 0.4) is 0 Å². The lowest BCUT2D eigenvalue weighted by Crippen LogP contribution is -2.47. The Kier molecular flexibility index (Phi) is 2.13. The molecule has 1 saturated heterocycles. The van der Waals surface area contributed by atoms with Crippen LogP contribution in [0.5, 0.6) is 0 Å². The molecule has 76 valence electrons. The van der Waals surface area contributed by atoms with Gasteiger partial charge >= 0.3 is 0 Å². The Morgan fingerprint density at radius 2 is 2.00 bits per heavy atom. The van der Waals surface area contributed by atoms with Gasteiger partial charge in [0.2, 0.25) is 10.0 Å². The molecule has 13 heavy (non-hydrogen) atoms. The fraction of sp³-hybridized carbons (Fsp3) is 1.00.